The molecule has 1 N–H and O–H groups in total. The highest BCUT2D eigenvalue weighted by molar-refractivity contribution is 7.13. The van der Waals surface area contributed by atoms with Crippen LogP contribution in [-0.2, 0) is 6.54 Å². The average Bonchev–Trinajstić information content (AvgIpc) is 2.94. The minimum Gasteiger partial charge on any atom is -0.396 e. The smallest absolute Gasteiger partial charge is 0.324 e. The van der Waals surface area contributed by atoms with Gasteiger partial charge in [-0.15, -0.1) is 0 Å². The largest absolute Gasteiger partial charge is 0.396 e. The van der Waals surface area contributed by atoms with E-state index in [9.17, 15) is 15.2 Å². The van der Waals surface area contributed by atoms with E-state index in [0.29, 0.717) is 13.0 Å². The molecule has 0 aliphatic rings. The van der Waals surface area contributed by atoms with Gasteiger partial charge in [0.05, 0.1) is 4.92 Å². The highest BCUT2D eigenvalue weighted by Gasteiger charge is 2.18. The van der Waals surface area contributed by atoms with E-state index in [4.69, 9.17) is 0 Å². The van der Waals surface area contributed by atoms with E-state index in [0.717, 1.165) is 22.5 Å². The van der Waals surface area contributed by atoms with Crippen LogP contribution in [0.15, 0.2) is 41.8 Å². The first-order valence-corrected chi connectivity index (χ1v) is 7.57. The molecule has 2 rings (SSSR count). The van der Waals surface area contributed by atoms with Gasteiger partial charge in [0.2, 0.25) is 0 Å². The molecule has 5 nitrogen and oxygen atoms in total. The Morgan fingerprint density at radius 3 is 2.67 bits per heavy atom. The highest BCUT2D eigenvalue weighted by Crippen LogP contribution is 2.28. The minimum absolute atomic E-state index is 0.0927. The number of aliphatic hydroxyl groups is 1. The van der Waals surface area contributed by atoms with Crippen LogP contribution in [0.4, 0.5) is 5.00 Å². The summed E-state index contributed by atoms with van der Waals surface area (Å²) < 4.78 is 0. The lowest BCUT2D eigenvalue weighted by atomic mass is 10.0. The second-order valence-electron chi connectivity index (χ2n) is 4.90. The Hall–Kier alpha value is -1.76. The molecule has 0 aliphatic heterocycles. The molecule has 0 aliphatic carbocycles. The number of benzene rings is 1. The summed E-state index contributed by atoms with van der Waals surface area (Å²) in [5, 5.41) is 22.0. The molecule has 1 aromatic heterocycles. The molecular weight excluding hydrogens is 288 g/mol. The summed E-state index contributed by atoms with van der Waals surface area (Å²) in [5.41, 5.74) is 2.06. The van der Waals surface area contributed by atoms with Crippen molar-refractivity contribution in [1.29, 1.82) is 0 Å². The van der Waals surface area contributed by atoms with Gasteiger partial charge < -0.3 is 5.11 Å². The molecule has 0 fully saturated rings. The van der Waals surface area contributed by atoms with Crippen LogP contribution in [-0.4, -0.2) is 28.6 Å². The number of hydrogen-bond donors (Lipinski definition) is 1. The van der Waals surface area contributed by atoms with Crippen LogP contribution in [0.2, 0.25) is 0 Å². The van der Waals surface area contributed by atoms with Crippen LogP contribution in [0, 0.1) is 10.1 Å². The van der Waals surface area contributed by atoms with Crippen molar-refractivity contribution in [2.75, 3.05) is 13.7 Å². The SMILES string of the molecule is CN(Cc1csc([N+](=O)[O-])c1)C(CCO)c1ccccc1. The third-order valence-corrected chi connectivity index (χ3v) is 4.30. The fourth-order valence-electron chi connectivity index (χ4n) is 2.38. The zero-order chi connectivity index (χ0) is 15.2. The minimum atomic E-state index is -0.365. The van der Waals surface area contributed by atoms with Crippen molar-refractivity contribution in [2.45, 2.75) is 19.0 Å². The number of nitrogens with zero attached hydrogens (tertiary/aromatic N) is 2. The van der Waals surface area contributed by atoms with Crippen LogP contribution in [0.25, 0.3) is 0 Å². The van der Waals surface area contributed by atoms with Gasteiger partial charge in [0.25, 0.3) is 0 Å². The van der Waals surface area contributed by atoms with Crippen LogP contribution < -0.4 is 0 Å². The van der Waals surface area contributed by atoms with Crippen molar-refractivity contribution in [3.05, 3.63) is 63.0 Å². The first-order valence-electron chi connectivity index (χ1n) is 6.69. The van der Waals surface area contributed by atoms with Gasteiger partial charge in [-0.1, -0.05) is 41.7 Å². The maximum atomic E-state index is 10.7. The first-order chi connectivity index (χ1) is 10.1. The number of aliphatic hydroxyl groups excluding tert-OH is 1. The molecule has 1 unspecified atom stereocenters. The van der Waals surface area contributed by atoms with E-state index >= 15 is 0 Å². The Labute approximate surface area is 127 Å². The van der Waals surface area contributed by atoms with Gasteiger partial charge in [-0.2, -0.15) is 0 Å². The van der Waals surface area contributed by atoms with Gasteiger partial charge in [-0.05, 0) is 24.6 Å². The molecule has 112 valence electrons. The molecule has 0 radical (unpaired) electrons. The third-order valence-electron chi connectivity index (χ3n) is 3.37. The van der Waals surface area contributed by atoms with Gasteiger partial charge in [-0.25, -0.2) is 0 Å². The fourth-order valence-corrected chi connectivity index (χ4v) is 3.10. The summed E-state index contributed by atoms with van der Waals surface area (Å²) in [5.74, 6) is 0. The Morgan fingerprint density at radius 1 is 1.38 bits per heavy atom. The maximum Gasteiger partial charge on any atom is 0.324 e. The Bertz CT molecular complexity index is 586. The van der Waals surface area contributed by atoms with E-state index in [1.165, 1.54) is 0 Å². The topological polar surface area (TPSA) is 66.6 Å². The molecule has 0 bridgehead atoms. The third kappa shape index (κ3) is 4.10. The lowest BCUT2D eigenvalue weighted by Crippen LogP contribution is -2.25. The Kier molecular flexibility index (Phi) is 5.44. The molecule has 0 saturated heterocycles. The highest BCUT2D eigenvalue weighted by atomic mass is 32.1. The Balaban J connectivity index is 2.11. The Morgan fingerprint density at radius 2 is 2.10 bits per heavy atom. The van der Waals surface area contributed by atoms with Gasteiger partial charge in [0.15, 0.2) is 0 Å². The molecule has 1 atom stereocenters. The molecule has 21 heavy (non-hydrogen) atoms. The van der Waals surface area contributed by atoms with E-state index < -0.39 is 0 Å². The summed E-state index contributed by atoms with van der Waals surface area (Å²) in [6, 6.07) is 11.7. The van der Waals surface area contributed by atoms with Crippen LogP contribution in [0.3, 0.4) is 0 Å². The average molecular weight is 306 g/mol. The standard InChI is InChI=1S/C15H18N2O3S/c1-16(10-12-9-15(17(19)20)21-11-12)14(7-8-18)13-5-3-2-4-6-13/h2-6,9,11,14,18H,7-8,10H2,1H3. The molecule has 0 amide bonds. The van der Waals surface area contributed by atoms with Crippen molar-refractivity contribution >= 4 is 16.3 Å². The number of nitro groups is 1. The van der Waals surface area contributed by atoms with Crippen LogP contribution in [0.1, 0.15) is 23.6 Å². The van der Waals surface area contributed by atoms with Crippen molar-refractivity contribution in [3.8, 4) is 0 Å². The molecule has 1 heterocycles. The van der Waals surface area contributed by atoms with E-state index in [1.54, 1.807) is 6.07 Å². The normalized spacial score (nSPS) is 12.5. The van der Waals surface area contributed by atoms with Gasteiger partial charge in [-0.3, -0.25) is 15.0 Å². The summed E-state index contributed by atoms with van der Waals surface area (Å²) in [4.78, 5) is 12.5. The number of hydrogen-bond acceptors (Lipinski definition) is 5. The van der Waals surface area contributed by atoms with Crippen LogP contribution in [0.5, 0.6) is 0 Å². The lowest BCUT2D eigenvalue weighted by Gasteiger charge is -2.27. The fraction of sp³-hybridized carbons (Fsp3) is 0.333. The molecule has 6 heteroatoms. The molecule has 0 saturated carbocycles. The van der Waals surface area contributed by atoms with Gasteiger partial charge in [0.1, 0.15) is 0 Å². The molecule has 0 spiro atoms. The summed E-state index contributed by atoms with van der Waals surface area (Å²) in [7, 11) is 1.97. The second kappa shape index (κ2) is 7.31. The van der Waals surface area contributed by atoms with E-state index in [2.05, 4.69) is 4.90 Å². The second-order valence-corrected chi connectivity index (χ2v) is 5.79. The quantitative estimate of drug-likeness (QED) is 0.630. The first kappa shape index (κ1) is 15.6. The van der Waals surface area contributed by atoms with Gasteiger partial charge in [0, 0.05) is 30.6 Å². The number of thiophene rings is 1. The molecule has 1 aromatic carbocycles. The molecule has 2 aromatic rings. The number of rotatable bonds is 7. The van der Waals surface area contributed by atoms with Crippen molar-refractivity contribution in [2.24, 2.45) is 0 Å². The van der Waals surface area contributed by atoms with Gasteiger partial charge >= 0.3 is 5.00 Å². The van der Waals surface area contributed by atoms with Crippen molar-refractivity contribution in [1.82, 2.24) is 4.90 Å². The van der Waals surface area contributed by atoms with Crippen molar-refractivity contribution in [3.63, 3.8) is 0 Å². The predicted molar refractivity (Wildman–Crippen MR) is 83.3 cm³/mol. The zero-order valence-corrected chi connectivity index (χ0v) is 12.6. The monoisotopic (exact) mass is 306 g/mol. The van der Waals surface area contributed by atoms with E-state index in [-0.39, 0.29) is 22.6 Å². The maximum absolute atomic E-state index is 10.7. The zero-order valence-electron chi connectivity index (χ0n) is 11.8. The predicted octanol–water partition coefficient (Wildman–Crippen LogP) is 3.21. The molecular formula is C15H18N2O3S. The lowest BCUT2D eigenvalue weighted by molar-refractivity contribution is -0.380. The van der Waals surface area contributed by atoms with Crippen LogP contribution >= 0.6 is 11.3 Å². The summed E-state index contributed by atoms with van der Waals surface area (Å²) in [6.45, 7) is 0.720. The van der Waals surface area contributed by atoms with E-state index in [1.807, 2.05) is 42.8 Å². The summed E-state index contributed by atoms with van der Waals surface area (Å²) in [6.07, 6.45) is 0.632. The van der Waals surface area contributed by atoms with Crippen molar-refractivity contribution < 1.29 is 10.0 Å². The summed E-state index contributed by atoms with van der Waals surface area (Å²) >= 11 is 1.15.